The quantitative estimate of drug-likeness (QED) is 0.896. The van der Waals surface area contributed by atoms with Gasteiger partial charge in [-0.3, -0.25) is 0 Å². The van der Waals surface area contributed by atoms with Gasteiger partial charge in [-0.05, 0) is 43.2 Å². The molecular formula is C20H25FN4O2. The molecule has 1 aromatic heterocycles. The Morgan fingerprint density at radius 3 is 2.63 bits per heavy atom. The van der Waals surface area contributed by atoms with Crippen LogP contribution in [0.5, 0.6) is 5.75 Å². The van der Waals surface area contributed by atoms with Gasteiger partial charge in [0.1, 0.15) is 5.82 Å². The van der Waals surface area contributed by atoms with Gasteiger partial charge in [0.25, 0.3) is 0 Å². The number of amides is 2. The van der Waals surface area contributed by atoms with Crippen molar-refractivity contribution in [1.82, 2.24) is 15.2 Å². The summed E-state index contributed by atoms with van der Waals surface area (Å²) in [6.07, 6.45) is 1.79. The molecule has 6 nitrogen and oxygen atoms in total. The SMILES string of the molecule is COc1ccc(C(C)NC(=O)N2CCN(c3ncccc3C)CC2)cc1F. The number of hydrogen-bond donors (Lipinski definition) is 1. The first kappa shape index (κ1) is 18.9. The number of urea groups is 1. The van der Waals surface area contributed by atoms with Crippen LogP contribution in [0.15, 0.2) is 36.5 Å². The van der Waals surface area contributed by atoms with E-state index in [0.717, 1.165) is 24.5 Å². The third kappa shape index (κ3) is 4.30. The zero-order chi connectivity index (χ0) is 19.4. The fraction of sp³-hybridized carbons (Fsp3) is 0.400. The van der Waals surface area contributed by atoms with E-state index in [9.17, 15) is 9.18 Å². The van der Waals surface area contributed by atoms with E-state index in [1.165, 1.54) is 13.2 Å². The number of anilines is 1. The van der Waals surface area contributed by atoms with Crippen LogP contribution in [0.25, 0.3) is 0 Å². The summed E-state index contributed by atoms with van der Waals surface area (Å²) in [5.41, 5.74) is 1.83. The summed E-state index contributed by atoms with van der Waals surface area (Å²) in [5, 5.41) is 2.94. The number of halogens is 1. The number of nitrogens with one attached hydrogen (secondary N) is 1. The second kappa shape index (κ2) is 8.24. The van der Waals surface area contributed by atoms with Gasteiger partial charge >= 0.3 is 6.03 Å². The van der Waals surface area contributed by atoms with E-state index in [-0.39, 0.29) is 17.8 Å². The number of aryl methyl sites for hydroxylation is 1. The zero-order valence-corrected chi connectivity index (χ0v) is 15.9. The number of carbonyl (C=O) groups excluding carboxylic acids is 1. The molecule has 7 heteroatoms. The predicted octanol–water partition coefficient (Wildman–Crippen LogP) is 3.13. The minimum Gasteiger partial charge on any atom is -0.494 e. The highest BCUT2D eigenvalue weighted by Crippen LogP contribution is 2.22. The van der Waals surface area contributed by atoms with Gasteiger partial charge in [-0.1, -0.05) is 12.1 Å². The normalized spacial score (nSPS) is 15.4. The molecule has 2 amide bonds. The Balaban J connectivity index is 1.56. The van der Waals surface area contributed by atoms with Gasteiger partial charge in [0.15, 0.2) is 11.6 Å². The van der Waals surface area contributed by atoms with E-state index >= 15 is 0 Å². The maximum absolute atomic E-state index is 13.9. The Kier molecular flexibility index (Phi) is 5.78. The third-order valence-electron chi connectivity index (χ3n) is 4.86. The van der Waals surface area contributed by atoms with Crippen molar-refractivity contribution in [3.8, 4) is 5.75 Å². The number of benzene rings is 1. The van der Waals surface area contributed by atoms with E-state index in [1.807, 2.05) is 26.0 Å². The van der Waals surface area contributed by atoms with Crippen molar-refractivity contribution in [2.45, 2.75) is 19.9 Å². The van der Waals surface area contributed by atoms with Crippen LogP contribution >= 0.6 is 0 Å². The highest BCUT2D eigenvalue weighted by atomic mass is 19.1. The van der Waals surface area contributed by atoms with Gasteiger partial charge < -0.3 is 19.9 Å². The summed E-state index contributed by atoms with van der Waals surface area (Å²) in [4.78, 5) is 21.0. The Morgan fingerprint density at radius 2 is 2.00 bits per heavy atom. The summed E-state index contributed by atoms with van der Waals surface area (Å²) in [6, 6.07) is 8.25. The van der Waals surface area contributed by atoms with Crippen LogP contribution in [-0.4, -0.2) is 49.2 Å². The van der Waals surface area contributed by atoms with Crippen molar-refractivity contribution < 1.29 is 13.9 Å². The molecule has 0 spiro atoms. The third-order valence-corrected chi connectivity index (χ3v) is 4.86. The molecule has 0 aliphatic carbocycles. The van der Waals surface area contributed by atoms with Gasteiger partial charge in [0.05, 0.1) is 13.2 Å². The first-order chi connectivity index (χ1) is 13.0. The minimum absolute atomic E-state index is 0.142. The minimum atomic E-state index is -0.435. The summed E-state index contributed by atoms with van der Waals surface area (Å²) in [6.45, 7) is 6.58. The van der Waals surface area contributed by atoms with Crippen molar-refractivity contribution in [1.29, 1.82) is 0 Å². The van der Waals surface area contributed by atoms with Crippen LogP contribution < -0.4 is 15.0 Å². The number of aromatic nitrogens is 1. The smallest absolute Gasteiger partial charge is 0.317 e. The Hall–Kier alpha value is -2.83. The van der Waals surface area contributed by atoms with Crippen molar-refractivity contribution in [2.24, 2.45) is 0 Å². The molecule has 1 saturated heterocycles. The number of hydrogen-bond acceptors (Lipinski definition) is 4. The van der Waals surface area contributed by atoms with Gasteiger partial charge in [-0.2, -0.15) is 0 Å². The fourth-order valence-corrected chi connectivity index (χ4v) is 3.24. The molecule has 27 heavy (non-hydrogen) atoms. The molecule has 3 rings (SSSR count). The standard InChI is InChI=1S/C20H25FN4O2/c1-14-5-4-8-22-19(14)24-9-11-25(12-10-24)20(26)23-15(2)16-6-7-18(27-3)17(21)13-16/h4-8,13,15H,9-12H2,1-3H3,(H,23,26). The average Bonchev–Trinajstić information content (AvgIpc) is 2.68. The lowest BCUT2D eigenvalue weighted by Crippen LogP contribution is -2.52. The number of rotatable bonds is 4. The van der Waals surface area contributed by atoms with Gasteiger partial charge in [-0.25, -0.2) is 14.2 Å². The highest BCUT2D eigenvalue weighted by Gasteiger charge is 2.24. The largest absolute Gasteiger partial charge is 0.494 e. The molecule has 0 bridgehead atoms. The lowest BCUT2D eigenvalue weighted by Gasteiger charge is -2.36. The Morgan fingerprint density at radius 1 is 1.26 bits per heavy atom. The second-order valence-electron chi connectivity index (χ2n) is 6.68. The summed E-state index contributed by atoms with van der Waals surface area (Å²) >= 11 is 0. The van der Waals surface area contributed by atoms with Gasteiger partial charge in [0.2, 0.25) is 0 Å². The number of nitrogens with zero attached hydrogens (tertiary/aromatic N) is 3. The van der Waals surface area contributed by atoms with Gasteiger partial charge in [-0.15, -0.1) is 0 Å². The number of piperazine rings is 1. The molecule has 2 heterocycles. The number of pyridine rings is 1. The topological polar surface area (TPSA) is 57.7 Å². The number of carbonyl (C=O) groups is 1. The zero-order valence-electron chi connectivity index (χ0n) is 15.9. The lowest BCUT2D eigenvalue weighted by atomic mass is 10.1. The molecule has 1 N–H and O–H groups in total. The van der Waals surface area contributed by atoms with E-state index < -0.39 is 5.82 Å². The number of ether oxygens (including phenoxy) is 1. The number of methoxy groups -OCH3 is 1. The molecule has 1 fully saturated rings. The Bertz CT molecular complexity index is 806. The maximum atomic E-state index is 13.9. The maximum Gasteiger partial charge on any atom is 0.317 e. The fourth-order valence-electron chi connectivity index (χ4n) is 3.24. The molecule has 1 aromatic carbocycles. The summed E-state index contributed by atoms with van der Waals surface area (Å²) in [5.74, 6) is 0.730. The summed E-state index contributed by atoms with van der Waals surface area (Å²) in [7, 11) is 1.43. The van der Waals surface area contributed by atoms with Crippen LogP contribution in [0.1, 0.15) is 24.1 Å². The van der Waals surface area contributed by atoms with Crippen LogP contribution in [0.3, 0.4) is 0 Å². The molecule has 144 valence electrons. The van der Waals surface area contributed by atoms with E-state index in [2.05, 4.69) is 15.2 Å². The molecule has 1 atom stereocenters. The van der Waals surface area contributed by atoms with Gasteiger partial charge in [0, 0.05) is 32.4 Å². The highest BCUT2D eigenvalue weighted by molar-refractivity contribution is 5.75. The van der Waals surface area contributed by atoms with E-state index in [0.29, 0.717) is 18.7 Å². The van der Waals surface area contributed by atoms with Crippen molar-refractivity contribution in [3.63, 3.8) is 0 Å². The second-order valence-corrected chi connectivity index (χ2v) is 6.68. The first-order valence-corrected chi connectivity index (χ1v) is 9.05. The van der Waals surface area contributed by atoms with Crippen molar-refractivity contribution >= 4 is 11.8 Å². The van der Waals surface area contributed by atoms with E-state index in [1.54, 1.807) is 23.2 Å². The van der Waals surface area contributed by atoms with Crippen LogP contribution in [0, 0.1) is 12.7 Å². The monoisotopic (exact) mass is 372 g/mol. The van der Waals surface area contributed by atoms with Crippen LogP contribution in [-0.2, 0) is 0 Å². The summed E-state index contributed by atoms with van der Waals surface area (Å²) < 4.78 is 18.8. The van der Waals surface area contributed by atoms with Crippen LogP contribution in [0.4, 0.5) is 15.0 Å². The molecule has 1 aliphatic heterocycles. The molecular weight excluding hydrogens is 347 g/mol. The molecule has 0 saturated carbocycles. The molecule has 2 aromatic rings. The molecule has 1 unspecified atom stereocenters. The van der Waals surface area contributed by atoms with Crippen LogP contribution in [0.2, 0.25) is 0 Å². The first-order valence-electron chi connectivity index (χ1n) is 9.05. The average molecular weight is 372 g/mol. The van der Waals surface area contributed by atoms with E-state index in [4.69, 9.17) is 4.74 Å². The molecule has 0 radical (unpaired) electrons. The van der Waals surface area contributed by atoms with Crippen molar-refractivity contribution in [3.05, 3.63) is 53.5 Å². The predicted molar refractivity (Wildman–Crippen MR) is 103 cm³/mol. The lowest BCUT2D eigenvalue weighted by molar-refractivity contribution is 0.191. The van der Waals surface area contributed by atoms with Crippen molar-refractivity contribution in [2.75, 3.05) is 38.2 Å². The molecule has 1 aliphatic rings. The Labute approximate surface area is 158 Å².